The number of benzene rings is 1. The van der Waals surface area contributed by atoms with E-state index in [1.165, 1.54) is 5.39 Å². The average Bonchev–Trinajstić information content (AvgIpc) is 2.77. The summed E-state index contributed by atoms with van der Waals surface area (Å²) in [7, 11) is 0. The third kappa shape index (κ3) is 2.10. The van der Waals surface area contributed by atoms with E-state index in [1.54, 1.807) is 0 Å². The molecule has 1 aliphatic rings. The second kappa shape index (κ2) is 4.52. The fourth-order valence-corrected chi connectivity index (χ4v) is 2.82. The van der Waals surface area contributed by atoms with Crippen LogP contribution in [0.2, 0.25) is 0 Å². The molecular formula is C14H15BrN2O. The van der Waals surface area contributed by atoms with Gasteiger partial charge in [-0.1, -0.05) is 28.1 Å². The van der Waals surface area contributed by atoms with E-state index >= 15 is 0 Å². The zero-order valence-corrected chi connectivity index (χ0v) is 11.8. The Hall–Kier alpha value is -1.13. The number of rotatable bonds is 2. The first-order valence-electron chi connectivity index (χ1n) is 6.07. The summed E-state index contributed by atoms with van der Waals surface area (Å²) in [4.78, 5) is 4.47. The van der Waals surface area contributed by atoms with Crippen molar-refractivity contribution >= 4 is 32.5 Å². The molecule has 1 unspecified atom stereocenters. The van der Waals surface area contributed by atoms with Gasteiger partial charge in [-0.3, -0.25) is 0 Å². The minimum absolute atomic E-state index is 0.0103. The zero-order chi connectivity index (χ0) is 12.6. The van der Waals surface area contributed by atoms with Gasteiger partial charge in [-0.25, -0.2) is 4.98 Å². The van der Waals surface area contributed by atoms with Crippen LogP contribution in [0.4, 0.5) is 5.82 Å². The number of anilines is 1. The number of hydrogen-bond acceptors (Lipinski definition) is 3. The van der Waals surface area contributed by atoms with E-state index in [4.69, 9.17) is 4.74 Å². The molecule has 0 bridgehead atoms. The summed E-state index contributed by atoms with van der Waals surface area (Å²) in [5, 5.41) is 5.85. The Morgan fingerprint density at radius 2 is 2.22 bits per heavy atom. The van der Waals surface area contributed by atoms with E-state index in [9.17, 15) is 0 Å². The lowest BCUT2D eigenvalue weighted by molar-refractivity contribution is 0.185. The Morgan fingerprint density at radius 1 is 1.33 bits per heavy atom. The first-order chi connectivity index (χ1) is 8.68. The van der Waals surface area contributed by atoms with E-state index < -0.39 is 0 Å². The quantitative estimate of drug-likeness (QED) is 0.920. The van der Waals surface area contributed by atoms with Crippen molar-refractivity contribution in [1.82, 2.24) is 4.98 Å². The summed E-state index contributed by atoms with van der Waals surface area (Å²) in [5.41, 5.74) is -0.0103. The maximum Gasteiger partial charge on any atom is 0.134 e. The number of nitrogens with one attached hydrogen (secondary N) is 1. The van der Waals surface area contributed by atoms with Crippen molar-refractivity contribution in [2.75, 3.05) is 18.5 Å². The summed E-state index contributed by atoms with van der Waals surface area (Å²) in [6.07, 6.45) is 2.85. The van der Waals surface area contributed by atoms with Crippen molar-refractivity contribution in [2.24, 2.45) is 0 Å². The number of halogens is 1. The molecule has 4 heteroatoms. The number of aromatic nitrogens is 1. The number of hydrogen-bond donors (Lipinski definition) is 1. The molecule has 1 aromatic heterocycles. The molecule has 0 spiro atoms. The Kier molecular flexibility index (Phi) is 2.99. The fourth-order valence-electron chi connectivity index (χ4n) is 2.32. The highest BCUT2D eigenvalue weighted by Gasteiger charge is 2.30. The van der Waals surface area contributed by atoms with Crippen LogP contribution in [0.5, 0.6) is 0 Å². The van der Waals surface area contributed by atoms with Crippen LogP contribution in [0.15, 0.2) is 34.9 Å². The minimum atomic E-state index is -0.0103. The molecular weight excluding hydrogens is 292 g/mol. The van der Waals surface area contributed by atoms with Crippen molar-refractivity contribution in [3.8, 4) is 0 Å². The van der Waals surface area contributed by atoms with Crippen molar-refractivity contribution in [3.05, 3.63) is 34.9 Å². The molecule has 0 aliphatic carbocycles. The van der Waals surface area contributed by atoms with Crippen molar-refractivity contribution in [1.29, 1.82) is 0 Å². The lowest BCUT2D eigenvalue weighted by Crippen LogP contribution is -2.35. The first-order valence-corrected chi connectivity index (χ1v) is 6.86. The number of pyridine rings is 1. The normalized spacial score (nSPS) is 23.4. The molecule has 1 N–H and O–H groups in total. The molecule has 0 saturated carbocycles. The molecule has 1 fully saturated rings. The van der Waals surface area contributed by atoms with Crippen LogP contribution in [0.3, 0.4) is 0 Å². The largest absolute Gasteiger partial charge is 0.379 e. The van der Waals surface area contributed by atoms with Gasteiger partial charge in [0.15, 0.2) is 0 Å². The standard InChI is InChI=1S/C14H15BrN2O/c1-14(6-8-18-9-14)17-13-11-3-2-4-12(15)10(11)5-7-16-13/h2-5,7H,6,8-9H2,1H3,(H,16,17). The molecule has 1 atom stereocenters. The van der Waals surface area contributed by atoms with Gasteiger partial charge in [0.05, 0.1) is 12.1 Å². The van der Waals surface area contributed by atoms with Crippen LogP contribution in [0.25, 0.3) is 10.8 Å². The average molecular weight is 307 g/mol. The van der Waals surface area contributed by atoms with E-state index in [2.05, 4.69) is 39.2 Å². The molecule has 2 aromatic rings. The Labute approximate surface area is 115 Å². The summed E-state index contributed by atoms with van der Waals surface area (Å²) in [5.74, 6) is 0.932. The van der Waals surface area contributed by atoms with Gasteiger partial charge in [-0.15, -0.1) is 0 Å². The van der Waals surface area contributed by atoms with Crippen LogP contribution in [-0.2, 0) is 4.74 Å². The summed E-state index contributed by atoms with van der Waals surface area (Å²) >= 11 is 3.58. The zero-order valence-electron chi connectivity index (χ0n) is 10.2. The lowest BCUT2D eigenvalue weighted by atomic mass is 10.0. The fraction of sp³-hybridized carbons (Fsp3) is 0.357. The third-order valence-electron chi connectivity index (χ3n) is 3.39. The highest BCUT2D eigenvalue weighted by atomic mass is 79.9. The number of fused-ring (bicyclic) bond motifs is 1. The van der Waals surface area contributed by atoms with Crippen LogP contribution < -0.4 is 5.32 Å². The van der Waals surface area contributed by atoms with Gasteiger partial charge in [-0.05, 0) is 25.5 Å². The summed E-state index contributed by atoms with van der Waals surface area (Å²) in [6.45, 7) is 3.73. The molecule has 0 radical (unpaired) electrons. The molecule has 2 heterocycles. The molecule has 0 amide bonds. The van der Waals surface area contributed by atoms with Gasteiger partial charge >= 0.3 is 0 Å². The highest BCUT2D eigenvalue weighted by Crippen LogP contribution is 2.30. The van der Waals surface area contributed by atoms with Crippen molar-refractivity contribution in [3.63, 3.8) is 0 Å². The van der Waals surface area contributed by atoms with Gasteiger partial charge in [-0.2, -0.15) is 0 Å². The van der Waals surface area contributed by atoms with E-state index in [0.717, 1.165) is 35.3 Å². The van der Waals surface area contributed by atoms with Gasteiger partial charge in [0.25, 0.3) is 0 Å². The maximum atomic E-state index is 5.47. The Morgan fingerprint density at radius 3 is 3.00 bits per heavy atom. The third-order valence-corrected chi connectivity index (χ3v) is 4.08. The minimum Gasteiger partial charge on any atom is -0.379 e. The molecule has 18 heavy (non-hydrogen) atoms. The summed E-state index contributed by atoms with van der Waals surface area (Å²) in [6, 6.07) is 8.20. The van der Waals surface area contributed by atoms with E-state index in [-0.39, 0.29) is 5.54 Å². The van der Waals surface area contributed by atoms with E-state index in [1.807, 2.05) is 24.4 Å². The molecule has 1 saturated heterocycles. The second-order valence-electron chi connectivity index (χ2n) is 4.98. The maximum absolute atomic E-state index is 5.47. The topological polar surface area (TPSA) is 34.2 Å². The van der Waals surface area contributed by atoms with Gasteiger partial charge < -0.3 is 10.1 Å². The van der Waals surface area contributed by atoms with Gasteiger partial charge in [0.1, 0.15) is 5.82 Å². The van der Waals surface area contributed by atoms with Crippen LogP contribution in [-0.4, -0.2) is 23.7 Å². The first kappa shape index (κ1) is 11.9. The smallest absolute Gasteiger partial charge is 0.134 e. The second-order valence-corrected chi connectivity index (χ2v) is 5.84. The molecule has 1 aromatic carbocycles. The monoisotopic (exact) mass is 306 g/mol. The number of ether oxygens (including phenoxy) is 1. The number of nitrogens with zero attached hydrogens (tertiary/aromatic N) is 1. The van der Waals surface area contributed by atoms with Gasteiger partial charge in [0.2, 0.25) is 0 Å². The molecule has 1 aliphatic heterocycles. The Balaban J connectivity index is 2.04. The van der Waals surface area contributed by atoms with Crippen LogP contribution in [0, 0.1) is 0 Å². The molecule has 3 nitrogen and oxygen atoms in total. The predicted molar refractivity (Wildman–Crippen MR) is 76.9 cm³/mol. The van der Waals surface area contributed by atoms with E-state index in [0.29, 0.717) is 0 Å². The molecule has 94 valence electrons. The van der Waals surface area contributed by atoms with Crippen molar-refractivity contribution < 1.29 is 4.74 Å². The van der Waals surface area contributed by atoms with Crippen molar-refractivity contribution in [2.45, 2.75) is 18.9 Å². The highest BCUT2D eigenvalue weighted by molar-refractivity contribution is 9.10. The van der Waals surface area contributed by atoms with Crippen LogP contribution >= 0.6 is 15.9 Å². The predicted octanol–water partition coefficient (Wildman–Crippen LogP) is 3.59. The SMILES string of the molecule is CC1(Nc2nccc3c(Br)cccc23)CCOC1. The van der Waals surface area contributed by atoms with Crippen LogP contribution in [0.1, 0.15) is 13.3 Å². The summed E-state index contributed by atoms with van der Waals surface area (Å²) < 4.78 is 6.56. The molecule has 3 rings (SSSR count). The lowest BCUT2D eigenvalue weighted by Gasteiger charge is -2.25. The Bertz CT molecular complexity index is 579. The van der Waals surface area contributed by atoms with Gasteiger partial charge in [0, 0.05) is 28.0 Å².